The minimum atomic E-state index is 0.0257. The molecule has 0 radical (unpaired) electrons. The number of benzene rings is 1. The normalized spacial score (nSPS) is 19.6. The summed E-state index contributed by atoms with van der Waals surface area (Å²) in [4.78, 5) is 4.45. The Hall–Kier alpha value is -1.72. The molecule has 19 heavy (non-hydrogen) atoms. The Morgan fingerprint density at radius 2 is 2.16 bits per heavy atom. The molecule has 1 aromatic carbocycles. The Kier molecular flexibility index (Phi) is 3.31. The van der Waals surface area contributed by atoms with Gasteiger partial charge in [0.1, 0.15) is 0 Å². The van der Waals surface area contributed by atoms with Gasteiger partial charge in [-0.2, -0.15) is 4.98 Å². The first-order valence-electron chi connectivity index (χ1n) is 6.46. The predicted octanol–water partition coefficient (Wildman–Crippen LogP) is 2.01. The number of rotatable bonds is 2. The average molecular weight is 259 g/mol. The summed E-state index contributed by atoms with van der Waals surface area (Å²) in [6, 6.07) is 6.16. The van der Waals surface area contributed by atoms with Gasteiger partial charge in [0.05, 0.1) is 19.3 Å². The molecule has 5 nitrogen and oxygen atoms in total. The Morgan fingerprint density at radius 3 is 2.89 bits per heavy atom. The van der Waals surface area contributed by atoms with Crippen molar-refractivity contribution in [3.8, 4) is 11.5 Å². The number of hydrogen-bond acceptors (Lipinski definition) is 5. The third kappa shape index (κ3) is 2.52. The molecular formula is C14H17N3O2. The lowest BCUT2D eigenvalue weighted by Gasteiger charge is -2.20. The van der Waals surface area contributed by atoms with Gasteiger partial charge in [-0.1, -0.05) is 11.2 Å². The Balaban J connectivity index is 1.85. The molecule has 0 aliphatic carbocycles. The highest BCUT2D eigenvalue weighted by molar-refractivity contribution is 5.55. The summed E-state index contributed by atoms with van der Waals surface area (Å²) in [6.07, 6.45) is 0. The van der Waals surface area contributed by atoms with Gasteiger partial charge in [-0.15, -0.1) is 0 Å². The third-order valence-corrected chi connectivity index (χ3v) is 3.43. The number of aromatic nitrogens is 2. The van der Waals surface area contributed by atoms with Crippen molar-refractivity contribution in [2.24, 2.45) is 0 Å². The van der Waals surface area contributed by atoms with E-state index in [0.717, 1.165) is 18.7 Å². The smallest absolute Gasteiger partial charge is 0.257 e. The SMILES string of the molecule is Cc1ccc(-c2nc(C3COCCN3)no2)cc1C. The zero-order valence-electron chi connectivity index (χ0n) is 11.1. The highest BCUT2D eigenvalue weighted by Gasteiger charge is 2.21. The molecule has 0 saturated carbocycles. The molecule has 3 rings (SSSR count). The Morgan fingerprint density at radius 1 is 1.26 bits per heavy atom. The molecule has 0 bridgehead atoms. The van der Waals surface area contributed by atoms with E-state index >= 15 is 0 Å². The van der Waals surface area contributed by atoms with Gasteiger partial charge in [0.25, 0.3) is 5.89 Å². The lowest BCUT2D eigenvalue weighted by Crippen LogP contribution is -2.35. The van der Waals surface area contributed by atoms with Crippen LogP contribution in [0.25, 0.3) is 11.5 Å². The first kappa shape index (κ1) is 12.3. The highest BCUT2D eigenvalue weighted by atomic mass is 16.5. The van der Waals surface area contributed by atoms with Crippen LogP contribution >= 0.6 is 0 Å². The molecule has 1 N–H and O–H groups in total. The van der Waals surface area contributed by atoms with Gasteiger partial charge in [0.15, 0.2) is 5.82 Å². The molecule has 1 aliphatic rings. The van der Waals surface area contributed by atoms with Gasteiger partial charge in [-0.3, -0.25) is 0 Å². The van der Waals surface area contributed by atoms with Gasteiger partial charge < -0.3 is 14.6 Å². The maximum Gasteiger partial charge on any atom is 0.257 e. The second-order valence-corrected chi connectivity index (χ2v) is 4.84. The molecule has 1 unspecified atom stereocenters. The molecule has 1 aromatic heterocycles. The van der Waals surface area contributed by atoms with E-state index in [2.05, 4.69) is 41.4 Å². The number of aryl methyl sites for hydroxylation is 2. The summed E-state index contributed by atoms with van der Waals surface area (Å²) in [6.45, 7) is 6.30. The highest BCUT2D eigenvalue weighted by Crippen LogP contribution is 2.22. The number of nitrogens with zero attached hydrogens (tertiary/aromatic N) is 2. The Labute approximate surface area is 112 Å². The molecule has 1 saturated heterocycles. The molecule has 2 heterocycles. The van der Waals surface area contributed by atoms with Gasteiger partial charge >= 0.3 is 0 Å². The van der Waals surface area contributed by atoms with Crippen molar-refractivity contribution in [1.29, 1.82) is 0 Å². The molecule has 1 aliphatic heterocycles. The summed E-state index contributed by atoms with van der Waals surface area (Å²) >= 11 is 0. The largest absolute Gasteiger partial charge is 0.378 e. The quantitative estimate of drug-likeness (QED) is 0.894. The van der Waals surface area contributed by atoms with E-state index in [0.29, 0.717) is 18.3 Å². The molecule has 5 heteroatoms. The van der Waals surface area contributed by atoms with E-state index in [9.17, 15) is 0 Å². The van der Waals surface area contributed by atoms with Crippen LogP contribution in [-0.4, -0.2) is 29.9 Å². The summed E-state index contributed by atoms with van der Waals surface area (Å²) in [7, 11) is 0. The fraction of sp³-hybridized carbons (Fsp3) is 0.429. The zero-order chi connectivity index (χ0) is 13.2. The van der Waals surface area contributed by atoms with Crippen LogP contribution in [0.5, 0.6) is 0 Å². The topological polar surface area (TPSA) is 60.2 Å². The maximum absolute atomic E-state index is 5.40. The van der Waals surface area contributed by atoms with Gasteiger partial charge in [-0.05, 0) is 37.1 Å². The first-order valence-corrected chi connectivity index (χ1v) is 6.46. The zero-order valence-corrected chi connectivity index (χ0v) is 11.1. The van der Waals surface area contributed by atoms with E-state index in [1.165, 1.54) is 11.1 Å². The van der Waals surface area contributed by atoms with Crippen LogP contribution in [0.4, 0.5) is 0 Å². The van der Waals surface area contributed by atoms with Crippen LogP contribution in [-0.2, 0) is 4.74 Å². The molecule has 0 spiro atoms. The van der Waals surface area contributed by atoms with Crippen LogP contribution in [0.1, 0.15) is 23.0 Å². The van der Waals surface area contributed by atoms with Crippen molar-refractivity contribution in [3.63, 3.8) is 0 Å². The first-order chi connectivity index (χ1) is 9.24. The summed E-state index contributed by atoms with van der Waals surface area (Å²) in [5, 5.41) is 7.35. The van der Waals surface area contributed by atoms with Gasteiger partial charge in [0.2, 0.25) is 0 Å². The van der Waals surface area contributed by atoms with Crippen molar-refractivity contribution >= 4 is 0 Å². The minimum absolute atomic E-state index is 0.0257. The van der Waals surface area contributed by atoms with Crippen LogP contribution in [0.15, 0.2) is 22.7 Å². The number of nitrogens with one attached hydrogen (secondary N) is 1. The standard InChI is InChI=1S/C14H17N3O2/c1-9-3-4-11(7-10(9)2)14-16-13(17-19-14)12-8-18-6-5-15-12/h3-4,7,12,15H,5-6,8H2,1-2H3. The lowest BCUT2D eigenvalue weighted by atomic mass is 10.1. The van der Waals surface area contributed by atoms with Crippen LogP contribution in [0.2, 0.25) is 0 Å². The van der Waals surface area contributed by atoms with Gasteiger partial charge in [-0.25, -0.2) is 0 Å². The fourth-order valence-electron chi connectivity index (χ4n) is 2.10. The van der Waals surface area contributed by atoms with Crippen molar-refractivity contribution < 1.29 is 9.26 Å². The van der Waals surface area contributed by atoms with E-state index in [4.69, 9.17) is 9.26 Å². The van der Waals surface area contributed by atoms with Crippen molar-refractivity contribution in [3.05, 3.63) is 35.2 Å². The summed E-state index contributed by atoms with van der Waals surface area (Å²) in [5.41, 5.74) is 3.43. The van der Waals surface area contributed by atoms with Crippen molar-refractivity contribution in [2.45, 2.75) is 19.9 Å². The second-order valence-electron chi connectivity index (χ2n) is 4.84. The van der Waals surface area contributed by atoms with Crippen molar-refractivity contribution in [2.75, 3.05) is 19.8 Å². The molecule has 2 aromatic rings. The van der Waals surface area contributed by atoms with Crippen LogP contribution in [0, 0.1) is 13.8 Å². The average Bonchev–Trinajstić information content (AvgIpc) is 2.93. The molecule has 1 fully saturated rings. The van der Waals surface area contributed by atoms with Crippen molar-refractivity contribution in [1.82, 2.24) is 15.5 Å². The van der Waals surface area contributed by atoms with Gasteiger partial charge in [0, 0.05) is 12.1 Å². The third-order valence-electron chi connectivity index (χ3n) is 3.43. The monoisotopic (exact) mass is 259 g/mol. The summed E-state index contributed by atoms with van der Waals surface area (Å²) in [5.74, 6) is 1.22. The number of morpholine rings is 1. The predicted molar refractivity (Wildman–Crippen MR) is 70.8 cm³/mol. The molecule has 100 valence electrons. The second kappa shape index (κ2) is 5.11. The van der Waals surface area contributed by atoms with E-state index in [1.807, 2.05) is 6.07 Å². The summed E-state index contributed by atoms with van der Waals surface area (Å²) < 4.78 is 10.7. The van der Waals surface area contributed by atoms with E-state index in [-0.39, 0.29) is 6.04 Å². The Bertz CT molecular complexity index is 574. The number of hydrogen-bond donors (Lipinski definition) is 1. The molecular weight excluding hydrogens is 242 g/mol. The lowest BCUT2D eigenvalue weighted by molar-refractivity contribution is 0.0734. The van der Waals surface area contributed by atoms with Crippen LogP contribution < -0.4 is 5.32 Å². The fourth-order valence-corrected chi connectivity index (χ4v) is 2.10. The molecule has 0 amide bonds. The van der Waals surface area contributed by atoms with E-state index < -0.39 is 0 Å². The number of ether oxygens (including phenoxy) is 1. The maximum atomic E-state index is 5.40. The minimum Gasteiger partial charge on any atom is -0.378 e. The molecule has 1 atom stereocenters. The van der Waals surface area contributed by atoms with E-state index in [1.54, 1.807) is 0 Å². The van der Waals surface area contributed by atoms with Crippen LogP contribution in [0.3, 0.4) is 0 Å².